The van der Waals surface area contributed by atoms with Gasteiger partial charge in [-0.15, -0.1) is 0 Å². The van der Waals surface area contributed by atoms with Crippen LogP contribution in [0.1, 0.15) is 24.2 Å². The van der Waals surface area contributed by atoms with Crippen molar-refractivity contribution < 1.29 is 5.11 Å². The van der Waals surface area contributed by atoms with Gasteiger partial charge in [0, 0.05) is 4.47 Å². The molecule has 0 aliphatic rings. The van der Waals surface area contributed by atoms with E-state index in [9.17, 15) is 5.11 Å². The molecule has 1 aromatic rings. The van der Waals surface area contributed by atoms with Gasteiger partial charge in [0.2, 0.25) is 0 Å². The second-order valence-electron chi connectivity index (χ2n) is 2.68. The second kappa shape index (κ2) is 3.37. The van der Waals surface area contributed by atoms with Crippen molar-refractivity contribution in [1.82, 2.24) is 0 Å². The van der Waals surface area contributed by atoms with Crippen LogP contribution in [-0.4, -0.2) is 5.11 Å². The van der Waals surface area contributed by atoms with Gasteiger partial charge in [-0.25, -0.2) is 0 Å². The molecule has 60 valence electrons. The minimum absolute atomic E-state index is 0.373. The lowest BCUT2D eigenvalue weighted by molar-refractivity contribution is 0.199. The number of aliphatic hydroxyl groups is 1. The van der Waals surface area contributed by atoms with Gasteiger partial charge in [0.15, 0.2) is 0 Å². The van der Waals surface area contributed by atoms with Crippen LogP contribution in [0.3, 0.4) is 0 Å². The number of aryl methyl sites for hydroxylation is 1. The van der Waals surface area contributed by atoms with Crippen LogP contribution < -0.4 is 0 Å². The molecule has 0 spiro atoms. The topological polar surface area (TPSA) is 20.2 Å². The van der Waals surface area contributed by atoms with E-state index >= 15 is 0 Å². The standard InChI is InChI=1S/C9H11BrO/c1-6-5-8(7(2)11)3-4-9(6)10/h3-5,7,11H,1-2H3/t7-/m1/s1. The highest BCUT2D eigenvalue weighted by atomic mass is 79.9. The van der Waals surface area contributed by atoms with E-state index in [4.69, 9.17) is 0 Å². The summed E-state index contributed by atoms with van der Waals surface area (Å²) in [6.07, 6.45) is -0.373. The summed E-state index contributed by atoms with van der Waals surface area (Å²) in [5, 5.41) is 9.22. The Balaban J connectivity index is 3.05. The van der Waals surface area contributed by atoms with Crippen LogP contribution in [0.25, 0.3) is 0 Å². The molecule has 2 heteroatoms. The van der Waals surface area contributed by atoms with E-state index in [0.717, 1.165) is 15.6 Å². The monoisotopic (exact) mass is 214 g/mol. The zero-order chi connectivity index (χ0) is 8.43. The van der Waals surface area contributed by atoms with E-state index in [1.165, 1.54) is 0 Å². The summed E-state index contributed by atoms with van der Waals surface area (Å²) in [5.41, 5.74) is 2.12. The third kappa shape index (κ3) is 2.04. The first-order valence-corrected chi connectivity index (χ1v) is 4.34. The van der Waals surface area contributed by atoms with Gasteiger partial charge in [-0.05, 0) is 31.0 Å². The Hall–Kier alpha value is -0.340. The van der Waals surface area contributed by atoms with Crippen molar-refractivity contribution in [2.45, 2.75) is 20.0 Å². The fourth-order valence-corrected chi connectivity index (χ4v) is 1.17. The first kappa shape index (κ1) is 8.75. The van der Waals surface area contributed by atoms with Crippen LogP contribution in [0.4, 0.5) is 0 Å². The van der Waals surface area contributed by atoms with Crippen molar-refractivity contribution in [1.29, 1.82) is 0 Å². The Morgan fingerprint density at radius 3 is 2.55 bits per heavy atom. The summed E-state index contributed by atoms with van der Waals surface area (Å²) in [5.74, 6) is 0. The van der Waals surface area contributed by atoms with Gasteiger partial charge >= 0.3 is 0 Å². The molecule has 11 heavy (non-hydrogen) atoms. The molecule has 1 aromatic carbocycles. The fraction of sp³-hybridized carbons (Fsp3) is 0.333. The normalized spacial score (nSPS) is 13.1. The number of benzene rings is 1. The summed E-state index contributed by atoms with van der Waals surface area (Å²) in [6, 6.07) is 5.86. The van der Waals surface area contributed by atoms with Gasteiger partial charge in [0.1, 0.15) is 0 Å². The van der Waals surface area contributed by atoms with E-state index in [1.807, 2.05) is 25.1 Å². The van der Waals surface area contributed by atoms with Gasteiger partial charge in [-0.3, -0.25) is 0 Å². The molecular formula is C9H11BrO. The van der Waals surface area contributed by atoms with Gasteiger partial charge in [-0.2, -0.15) is 0 Å². The average molecular weight is 215 g/mol. The molecule has 0 bridgehead atoms. The summed E-state index contributed by atoms with van der Waals surface area (Å²) >= 11 is 3.40. The van der Waals surface area contributed by atoms with Crippen LogP contribution in [0.2, 0.25) is 0 Å². The van der Waals surface area contributed by atoms with Crippen molar-refractivity contribution in [2.24, 2.45) is 0 Å². The smallest absolute Gasteiger partial charge is 0.0762 e. The summed E-state index contributed by atoms with van der Waals surface area (Å²) in [7, 11) is 0. The highest BCUT2D eigenvalue weighted by Gasteiger charge is 2.01. The van der Waals surface area contributed by atoms with Gasteiger partial charge in [-0.1, -0.05) is 28.1 Å². The Kier molecular flexibility index (Phi) is 2.68. The van der Waals surface area contributed by atoms with E-state index in [1.54, 1.807) is 6.92 Å². The molecule has 0 saturated heterocycles. The SMILES string of the molecule is Cc1cc([C@@H](C)O)ccc1Br. The molecule has 0 aliphatic carbocycles. The van der Waals surface area contributed by atoms with Crippen LogP contribution in [-0.2, 0) is 0 Å². The zero-order valence-corrected chi connectivity index (χ0v) is 8.22. The van der Waals surface area contributed by atoms with Crippen molar-refractivity contribution >= 4 is 15.9 Å². The molecule has 1 N–H and O–H groups in total. The molecule has 1 nitrogen and oxygen atoms in total. The van der Waals surface area contributed by atoms with E-state index in [0.29, 0.717) is 0 Å². The predicted octanol–water partition coefficient (Wildman–Crippen LogP) is 2.81. The highest BCUT2D eigenvalue weighted by Crippen LogP contribution is 2.20. The van der Waals surface area contributed by atoms with Crippen LogP contribution in [0, 0.1) is 6.92 Å². The fourth-order valence-electron chi connectivity index (χ4n) is 0.928. The molecule has 0 aromatic heterocycles. The molecule has 0 radical (unpaired) electrons. The Labute approximate surface area is 75.2 Å². The summed E-state index contributed by atoms with van der Waals surface area (Å²) < 4.78 is 1.09. The molecule has 1 atom stereocenters. The Morgan fingerprint density at radius 2 is 2.09 bits per heavy atom. The van der Waals surface area contributed by atoms with Crippen molar-refractivity contribution in [3.8, 4) is 0 Å². The van der Waals surface area contributed by atoms with Crippen LogP contribution in [0.5, 0.6) is 0 Å². The second-order valence-corrected chi connectivity index (χ2v) is 3.54. The van der Waals surface area contributed by atoms with Crippen molar-refractivity contribution in [3.63, 3.8) is 0 Å². The molecule has 0 aliphatic heterocycles. The molecule has 1 rings (SSSR count). The number of halogens is 1. The minimum Gasteiger partial charge on any atom is -0.389 e. The Morgan fingerprint density at radius 1 is 1.45 bits per heavy atom. The lowest BCUT2D eigenvalue weighted by Crippen LogP contribution is -1.91. The molecule has 0 fully saturated rings. The van der Waals surface area contributed by atoms with Crippen LogP contribution >= 0.6 is 15.9 Å². The van der Waals surface area contributed by atoms with Crippen molar-refractivity contribution in [3.05, 3.63) is 33.8 Å². The quantitative estimate of drug-likeness (QED) is 0.763. The number of hydrogen-bond donors (Lipinski definition) is 1. The summed E-state index contributed by atoms with van der Waals surface area (Å²) in [6.45, 7) is 3.78. The molecule has 0 unspecified atom stereocenters. The number of rotatable bonds is 1. The number of aliphatic hydroxyl groups excluding tert-OH is 1. The molecule has 0 saturated carbocycles. The van der Waals surface area contributed by atoms with Crippen molar-refractivity contribution in [2.75, 3.05) is 0 Å². The number of hydrogen-bond acceptors (Lipinski definition) is 1. The average Bonchev–Trinajstić information content (AvgIpc) is 1.94. The zero-order valence-electron chi connectivity index (χ0n) is 6.63. The lowest BCUT2D eigenvalue weighted by Gasteiger charge is -2.05. The molecule has 0 heterocycles. The third-order valence-electron chi connectivity index (χ3n) is 1.66. The maximum Gasteiger partial charge on any atom is 0.0762 e. The maximum atomic E-state index is 9.22. The van der Waals surface area contributed by atoms with Crippen LogP contribution in [0.15, 0.2) is 22.7 Å². The lowest BCUT2D eigenvalue weighted by atomic mass is 10.1. The largest absolute Gasteiger partial charge is 0.389 e. The predicted molar refractivity (Wildman–Crippen MR) is 49.5 cm³/mol. The maximum absolute atomic E-state index is 9.22. The van der Waals surface area contributed by atoms with E-state index in [-0.39, 0.29) is 6.10 Å². The first-order valence-electron chi connectivity index (χ1n) is 3.55. The summed E-state index contributed by atoms with van der Waals surface area (Å²) in [4.78, 5) is 0. The molecule has 0 amide bonds. The van der Waals surface area contributed by atoms with E-state index in [2.05, 4.69) is 15.9 Å². The highest BCUT2D eigenvalue weighted by molar-refractivity contribution is 9.10. The van der Waals surface area contributed by atoms with E-state index < -0.39 is 0 Å². The third-order valence-corrected chi connectivity index (χ3v) is 2.55. The first-order chi connectivity index (χ1) is 5.11. The van der Waals surface area contributed by atoms with Gasteiger partial charge in [0.05, 0.1) is 6.10 Å². The Bertz CT molecular complexity index is 256. The van der Waals surface area contributed by atoms with Gasteiger partial charge in [0.25, 0.3) is 0 Å². The minimum atomic E-state index is -0.373. The van der Waals surface area contributed by atoms with Gasteiger partial charge < -0.3 is 5.11 Å². The molecular weight excluding hydrogens is 204 g/mol.